The molecule has 7 nitrogen and oxygen atoms in total. The number of hydrogen-bond acceptors (Lipinski definition) is 4. The predicted molar refractivity (Wildman–Crippen MR) is 104 cm³/mol. The summed E-state index contributed by atoms with van der Waals surface area (Å²) < 4.78 is 5.27. The molecule has 0 saturated carbocycles. The number of carbonyl (C=O) groups excluding carboxylic acids is 2. The molecule has 2 saturated heterocycles. The van der Waals surface area contributed by atoms with E-state index in [9.17, 15) is 9.59 Å². The summed E-state index contributed by atoms with van der Waals surface area (Å²) in [5.41, 5.74) is 2.30. The number of urea groups is 1. The lowest BCUT2D eigenvalue weighted by atomic mass is 10.1. The third-order valence-electron chi connectivity index (χ3n) is 4.98. The second-order valence-electron chi connectivity index (χ2n) is 6.87. The molecular weight excluding hydrogens is 368 g/mol. The number of alkyl halides is 1. The highest BCUT2D eigenvalue weighted by Crippen LogP contribution is 2.11. The fourth-order valence-electron chi connectivity index (χ4n) is 3.39. The van der Waals surface area contributed by atoms with Crippen LogP contribution in [0.15, 0.2) is 24.3 Å². The van der Waals surface area contributed by atoms with Crippen LogP contribution in [0.25, 0.3) is 0 Å². The molecular formula is C19H27ClN4O3. The van der Waals surface area contributed by atoms with Crippen molar-refractivity contribution in [2.24, 2.45) is 0 Å². The molecule has 1 N–H and O–H groups in total. The van der Waals surface area contributed by atoms with Crippen molar-refractivity contribution in [3.63, 3.8) is 0 Å². The number of piperazine rings is 1. The summed E-state index contributed by atoms with van der Waals surface area (Å²) in [5.74, 6) is 0.0624. The van der Waals surface area contributed by atoms with Gasteiger partial charge in [0.2, 0.25) is 5.91 Å². The normalized spacial score (nSPS) is 18.4. The van der Waals surface area contributed by atoms with Gasteiger partial charge in [0, 0.05) is 52.4 Å². The van der Waals surface area contributed by atoms with E-state index in [1.165, 1.54) is 5.56 Å². The molecule has 3 rings (SSSR count). The molecule has 2 heterocycles. The van der Waals surface area contributed by atoms with Crippen molar-refractivity contribution in [3.8, 4) is 0 Å². The summed E-state index contributed by atoms with van der Waals surface area (Å²) in [6.45, 7) is 6.99. The summed E-state index contributed by atoms with van der Waals surface area (Å²) in [4.78, 5) is 29.8. The quantitative estimate of drug-likeness (QED) is 0.760. The van der Waals surface area contributed by atoms with Crippen LogP contribution >= 0.6 is 11.6 Å². The van der Waals surface area contributed by atoms with Crippen LogP contribution in [0, 0.1) is 0 Å². The van der Waals surface area contributed by atoms with Crippen LogP contribution in [-0.4, -0.2) is 85.0 Å². The van der Waals surface area contributed by atoms with Crippen LogP contribution < -0.4 is 5.32 Å². The van der Waals surface area contributed by atoms with Gasteiger partial charge in [0.15, 0.2) is 0 Å². The highest BCUT2D eigenvalue weighted by atomic mass is 35.5. The van der Waals surface area contributed by atoms with E-state index in [1.807, 2.05) is 17.0 Å². The largest absolute Gasteiger partial charge is 0.378 e. The van der Waals surface area contributed by atoms with Crippen LogP contribution in [0.2, 0.25) is 0 Å². The molecule has 0 aromatic heterocycles. The molecule has 1 aromatic carbocycles. The van der Waals surface area contributed by atoms with Crippen molar-refractivity contribution in [1.82, 2.24) is 20.0 Å². The highest BCUT2D eigenvalue weighted by Gasteiger charge is 2.20. The SMILES string of the molecule is O=C(CCl)N1CCN(Cc2cccc(CNC(=O)N3CCOCC3)c2)CC1. The van der Waals surface area contributed by atoms with Gasteiger partial charge in [-0.2, -0.15) is 0 Å². The molecule has 2 fully saturated rings. The molecule has 0 radical (unpaired) electrons. The van der Waals surface area contributed by atoms with Gasteiger partial charge in [-0.15, -0.1) is 11.6 Å². The van der Waals surface area contributed by atoms with Crippen molar-refractivity contribution in [3.05, 3.63) is 35.4 Å². The van der Waals surface area contributed by atoms with E-state index in [0.29, 0.717) is 32.8 Å². The first-order valence-electron chi connectivity index (χ1n) is 9.40. The second-order valence-corrected chi connectivity index (χ2v) is 7.14. The Hall–Kier alpha value is -1.83. The van der Waals surface area contributed by atoms with Crippen molar-refractivity contribution in [2.45, 2.75) is 13.1 Å². The van der Waals surface area contributed by atoms with Gasteiger partial charge in [-0.05, 0) is 11.1 Å². The zero-order chi connectivity index (χ0) is 19.1. The topological polar surface area (TPSA) is 65.1 Å². The smallest absolute Gasteiger partial charge is 0.317 e. The monoisotopic (exact) mass is 394 g/mol. The van der Waals surface area contributed by atoms with Crippen LogP contribution in [-0.2, 0) is 22.6 Å². The minimum atomic E-state index is -0.0382. The maximum absolute atomic E-state index is 12.2. The summed E-state index contributed by atoms with van der Waals surface area (Å²) in [6, 6.07) is 8.25. The van der Waals surface area contributed by atoms with Gasteiger partial charge in [0.05, 0.1) is 13.2 Å². The minimum absolute atomic E-state index is 0.00863. The van der Waals surface area contributed by atoms with Crippen molar-refractivity contribution >= 4 is 23.5 Å². The first-order chi connectivity index (χ1) is 13.2. The van der Waals surface area contributed by atoms with Gasteiger partial charge in [-0.1, -0.05) is 24.3 Å². The second kappa shape index (κ2) is 9.92. The Morgan fingerprint density at radius 3 is 2.41 bits per heavy atom. The molecule has 0 spiro atoms. The van der Waals surface area contributed by atoms with Gasteiger partial charge in [0.25, 0.3) is 0 Å². The Balaban J connectivity index is 1.46. The number of rotatable bonds is 5. The minimum Gasteiger partial charge on any atom is -0.378 e. The molecule has 2 aliphatic heterocycles. The third kappa shape index (κ3) is 5.82. The number of nitrogens with one attached hydrogen (secondary N) is 1. The Kier molecular flexibility index (Phi) is 7.32. The standard InChI is InChI=1S/C19H27ClN4O3/c20-13-18(25)23-6-4-22(5-7-23)15-17-3-1-2-16(12-17)14-21-19(26)24-8-10-27-11-9-24/h1-3,12H,4-11,13-15H2,(H,21,26). The van der Waals surface area contributed by atoms with Gasteiger partial charge in [0.1, 0.15) is 5.88 Å². The van der Waals surface area contributed by atoms with Crippen LogP contribution in [0.1, 0.15) is 11.1 Å². The molecule has 8 heteroatoms. The Morgan fingerprint density at radius 1 is 1.00 bits per heavy atom. The van der Waals surface area contributed by atoms with Gasteiger partial charge in [-0.25, -0.2) is 4.79 Å². The number of hydrogen-bond donors (Lipinski definition) is 1. The highest BCUT2D eigenvalue weighted by molar-refractivity contribution is 6.27. The van der Waals surface area contributed by atoms with Crippen LogP contribution in [0.5, 0.6) is 0 Å². The fourth-order valence-corrected chi connectivity index (χ4v) is 3.56. The van der Waals surface area contributed by atoms with Crippen LogP contribution in [0.4, 0.5) is 4.79 Å². The molecule has 0 bridgehead atoms. The number of benzene rings is 1. The van der Waals surface area contributed by atoms with E-state index in [4.69, 9.17) is 16.3 Å². The van der Waals surface area contributed by atoms with E-state index < -0.39 is 0 Å². The molecule has 1 aromatic rings. The lowest BCUT2D eigenvalue weighted by Crippen LogP contribution is -2.48. The van der Waals surface area contributed by atoms with E-state index in [1.54, 1.807) is 4.90 Å². The Labute approximate surface area is 165 Å². The number of halogens is 1. The van der Waals surface area contributed by atoms with Crippen molar-refractivity contribution in [2.75, 3.05) is 58.4 Å². The maximum Gasteiger partial charge on any atom is 0.317 e. The molecule has 2 aliphatic rings. The summed E-state index contributed by atoms with van der Waals surface area (Å²) in [7, 11) is 0. The van der Waals surface area contributed by atoms with Crippen molar-refractivity contribution < 1.29 is 14.3 Å². The first kappa shape index (κ1) is 19.9. The average molecular weight is 395 g/mol. The Bertz CT molecular complexity index is 644. The lowest BCUT2D eigenvalue weighted by Gasteiger charge is -2.34. The molecule has 27 heavy (non-hydrogen) atoms. The van der Waals surface area contributed by atoms with Crippen LogP contribution in [0.3, 0.4) is 0 Å². The number of amides is 3. The van der Waals surface area contributed by atoms with Gasteiger partial charge in [-0.3, -0.25) is 9.69 Å². The third-order valence-corrected chi connectivity index (χ3v) is 5.21. The maximum atomic E-state index is 12.2. The summed E-state index contributed by atoms with van der Waals surface area (Å²) >= 11 is 5.63. The van der Waals surface area contributed by atoms with E-state index in [0.717, 1.165) is 38.3 Å². The van der Waals surface area contributed by atoms with E-state index in [2.05, 4.69) is 22.3 Å². The summed E-state index contributed by atoms with van der Waals surface area (Å²) in [5, 5.41) is 2.99. The molecule has 148 valence electrons. The zero-order valence-electron chi connectivity index (χ0n) is 15.5. The molecule has 0 aliphatic carbocycles. The predicted octanol–water partition coefficient (Wildman–Crippen LogP) is 1.11. The first-order valence-corrected chi connectivity index (χ1v) is 9.93. The number of ether oxygens (including phenoxy) is 1. The van der Waals surface area contributed by atoms with Gasteiger partial charge < -0.3 is 19.9 Å². The van der Waals surface area contributed by atoms with E-state index in [-0.39, 0.29) is 17.8 Å². The summed E-state index contributed by atoms with van der Waals surface area (Å²) in [6.07, 6.45) is 0. The van der Waals surface area contributed by atoms with Crippen molar-refractivity contribution in [1.29, 1.82) is 0 Å². The van der Waals surface area contributed by atoms with Gasteiger partial charge >= 0.3 is 6.03 Å². The molecule has 0 unspecified atom stereocenters. The fraction of sp³-hybridized carbons (Fsp3) is 0.579. The molecule has 0 atom stereocenters. The number of carbonyl (C=O) groups is 2. The average Bonchev–Trinajstić information content (AvgIpc) is 2.73. The lowest BCUT2D eigenvalue weighted by molar-refractivity contribution is -0.130. The Morgan fingerprint density at radius 2 is 1.70 bits per heavy atom. The zero-order valence-corrected chi connectivity index (χ0v) is 16.3. The number of nitrogens with zero attached hydrogens (tertiary/aromatic N) is 3. The molecule has 3 amide bonds. The van der Waals surface area contributed by atoms with E-state index >= 15 is 0 Å². The number of morpholine rings is 1.